The van der Waals surface area contributed by atoms with Crippen molar-refractivity contribution in [1.29, 1.82) is 0 Å². The standard InChI is InChI=1S/C21H25N/c1-5-19-10-6-7-12-21(19)18(4)22-20-11-8-9-16(2)13-14-17(3)15-20/h5-15,17,22H,1-4H3/b11-8-,14-13-,16-9-,19-5-,20-15+,21-18+. The third kappa shape index (κ3) is 4.36. The highest BCUT2D eigenvalue weighted by atomic mass is 14.9. The summed E-state index contributed by atoms with van der Waals surface area (Å²) in [5.41, 5.74) is 3.57. The van der Waals surface area contributed by atoms with Gasteiger partial charge in [0.25, 0.3) is 0 Å². The van der Waals surface area contributed by atoms with E-state index < -0.39 is 0 Å². The van der Waals surface area contributed by atoms with Crippen molar-refractivity contribution < 1.29 is 0 Å². The van der Waals surface area contributed by atoms with Crippen LogP contribution in [-0.4, -0.2) is 0 Å². The molecule has 0 heterocycles. The molecule has 0 aliphatic heterocycles. The van der Waals surface area contributed by atoms with Crippen LogP contribution in [0, 0.1) is 5.92 Å². The lowest BCUT2D eigenvalue weighted by Crippen LogP contribution is -2.30. The molecule has 1 heteroatoms. The van der Waals surface area contributed by atoms with Crippen LogP contribution in [0.5, 0.6) is 0 Å². The molecule has 0 amide bonds. The van der Waals surface area contributed by atoms with Crippen molar-refractivity contribution in [3.63, 3.8) is 0 Å². The van der Waals surface area contributed by atoms with Crippen LogP contribution in [0.15, 0.2) is 72.0 Å². The lowest BCUT2D eigenvalue weighted by molar-refractivity contribution is 0.910. The van der Waals surface area contributed by atoms with Crippen LogP contribution in [0.3, 0.4) is 0 Å². The number of hydrogen-bond acceptors (Lipinski definition) is 1. The van der Waals surface area contributed by atoms with Crippen molar-refractivity contribution in [1.82, 2.24) is 5.32 Å². The maximum atomic E-state index is 3.56. The molecular formula is C21H25N. The number of nitrogens with one attached hydrogen (secondary N) is 1. The maximum Gasteiger partial charge on any atom is 0.0347 e. The Bertz CT molecular complexity index is 757. The molecule has 1 aliphatic carbocycles. The zero-order valence-electron chi connectivity index (χ0n) is 13.9. The van der Waals surface area contributed by atoms with Gasteiger partial charge in [0.1, 0.15) is 0 Å². The predicted octanol–water partition coefficient (Wildman–Crippen LogP) is 3.80. The fraction of sp³-hybridized carbons (Fsp3) is 0.238. The van der Waals surface area contributed by atoms with E-state index >= 15 is 0 Å². The Morgan fingerprint density at radius 1 is 1.18 bits per heavy atom. The lowest BCUT2D eigenvalue weighted by Gasteiger charge is -2.10. The molecule has 1 atom stereocenters. The molecule has 0 saturated carbocycles. The fourth-order valence-corrected chi connectivity index (χ4v) is 2.51. The van der Waals surface area contributed by atoms with Crippen molar-refractivity contribution in [2.45, 2.75) is 27.7 Å². The average Bonchev–Trinajstić information content (AvgIpc) is 2.59. The molecule has 0 saturated heterocycles. The van der Waals surface area contributed by atoms with Crippen LogP contribution >= 0.6 is 0 Å². The quantitative estimate of drug-likeness (QED) is 0.874. The Hall–Kier alpha value is -2.28. The van der Waals surface area contributed by atoms with Gasteiger partial charge in [-0.3, -0.25) is 0 Å². The molecule has 1 nitrogen and oxygen atoms in total. The highest BCUT2D eigenvalue weighted by molar-refractivity contribution is 5.47. The van der Waals surface area contributed by atoms with Gasteiger partial charge in [0.05, 0.1) is 0 Å². The van der Waals surface area contributed by atoms with Crippen molar-refractivity contribution in [2.75, 3.05) is 0 Å². The summed E-state index contributed by atoms with van der Waals surface area (Å²) >= 11 is 0. The van der Waals surface area contributed by atoms with E-state index in [0.717, 1.165) is 5.70 Å². The van der Waals surface area contributed by atoms with E-state index in [-0.39, 0.29) is 0 Å². The maximum absolute atomic E-state index is 3.56. The van der Waals surface area contributed by atoms with E-state index in [0.29, 0.717) is 5.92 Å². The highest BCUT2D eigenvalue weighted by Gasteiger charge is 2.00. The van der Waals surface area contributed by atoms with E-state index in [1.165, 1.54) is 21.7 Å². The van der Waals surface area contributed by atoms with Gasteiger partial charge >= 0.3 is 0 Å². The molecule has 0 aromatic heterocycles. The van der Waals surface area contributed by atoms with Gasteiger partial charge in [-0.1, -0.05) is 73.2 Å². The third-order valence-corrected chi connectivity index (χ3v) is 3.75. The van der Waals surface area contributed by atoms with Crippen LogP contribution in [0.1, 0.15) is 27.7 Å². The average molecular weight is 291 g/mol. The second kappa shape index (κ2) is 7.65. The molecule has 0 spiro atoms. The largest absolute Gasteiger partial charge is 0.359 e. The molecule has 1 N–H and O–H groups in total. The van der Waals surface area contributed by atoms with Gasteiger partial charge in [-0.15, -0.1) is 0 Å². The summed E-state index contributed by atoms with van der Waals surface area (Å²) in [5.74, 6) is 0.398. The molecule has 1 aromatic rings. The second-order valence-corrected chi connectivity index (χ2v) is 5.74. The summed E-state index contributed by atoms with van der Waals surface area (Å²) in [7, 11) is 0. The number of benzene rings is 1. The molecule has 2 rings (SSSR count). The highest BCUT2D eigenvalue weighted by Crippen LogP contribution is 2.10. The molecule has 114 valence electrons. The van der Waals surface area contributed by atoms with Crippen molar-refractivity contribution in [3.05, 3.63) is 82.4 Å². The van der Waals surface area contributed by atoms with E-state index in [4.69, 9.17) is 0 Å². The topological polar surface area (TPSA) is 12.0 Å². The SMILES string of the molecule is C/C=c1/cccc/c1=C(/C)NC1=C\C(C)\C=C/C(C)=C\C=C/1. The molecule has 1 unspecified atom stereocenters. The van der Waals surface area contributed by atoms with Crippen molar-refractivity contribution >= 4 is 11.8 Å². The first kappa shape index (κ1) is 16.1. The second-order valence-electron chi connectivity index (χ2n) is 5.74. The first-order valence-corrected chi connectivity index (χ1v) is 7.84. The third-order valence-electron chi connectivity index (χ3n) is 3.75. The molecule has 1 aliphatic rings. The normalized spacial score (nSPS) is 28.2. The molecule has 0 fully saturated rings. The first-order chi connectivity index (χ1) is 10.6. The van der Waals surface area contributed by atoms with Gasteiger partial charge < -0.3 is 5.32 Å². The Morgan fingerprint density at radius 3 is 2.73 bits per heavy atom. The van der Waals surface area contributed by atoms with Crippen LogP contribution in [0.2, 0.25) is 0 Å². The molecule has 0 bridgehead atoms. The van der Waals surface area contributed by atoms with Crippen LogP contribution < -0.4 is 15.8 Å². The van der Waals surface area contributed by atoms with Crippen molar-refractivity contribution in [2.24, 2.45) is 5.92 Å². The van der Waals surface area contributed by atoms with Crippen LogP contribution in [0.25, 0.3) is 11.8 Å². The van der Waals surface area contributed by atoms with Crippen LogP contribution in [-0.2, 0) is 0 Å². The van der Waals surface area contributed by atoms with E-state index in [1.807, 2.05) is 0 Å². The summed E-state index contributed by atoms with van der Waals surface area (Å²) in [6, 6.07) is 8.46. The fourth-order valence-electron chi connectivity index (χ4n) is 2.51. The Kier molecular flexibility index (Phi) is 5.60. The molecule has 1 aromatic carbocycles. The van der Waals surface area contributed by atoms with E-state index in [1.54, 1.807) is 0 Å². The molecular weight excluding hydrogens is 266 g/mol. The summed E-state index contributed by atoms with van der Waals surface area (Å²) < 4.78 is 0. The van der Waals surface area contributed by atoms with Crippen molar-refractivity contribution in [3.8, 4) is 0 Å². The minimum Gasteiger partial charge on any atom is -0.359 e. The lowest BCUT2D eigenvalue weighted by atomic mass is 10.1. The van der Waals surface area contributed by atoms with E-state index in [9.17, 15) is 0 Å². The molecule has 22 heavy (non-hydrogen) atoms. The van der Waals surface area contributed by atoms with E-state index in [2.05, 4.69) is 99.8 Å². The first-order valence-electron chi connectivity index (χ1n) is 7.84. The minimum absolute atomic E-state index is 0.398. The van der Waals surface area contributed by atoms with Gasteiger partial charge in [0.15, 0.2) is 0 Å². The molecule has 0 radical (unpaired) electrons. The minimum atomic E-state index is 0.398. The summed E-state index contributed by atoms with van der Waals surface area (Å²) in [5, 5.41) is 6.06. The summed E-state index contributed by atoms with van der Waals surface area (Å²) in [6.07, 6.45) is 15.2. The summed E-state index contributed by atoms with van der Waals surface area (Å²) in [6.45, 7) is 8.53. The number of hydrogen-bond donors (Lipinski definition) is 1. The Morgan fingerprint density at radius 2 is 1.95 bits per heavy atom. The zero-order valence-corrected chi connectivity index (χ0v) is 13.9. The monoisotopic (exact) mass is 291 g/mol. The smallest absolute Gasteiger partial charge is 0.0347 e. The number of allylic oxidation sites excluding steroid dienone is 7. The van der Waals surface area contributed by atoms with Gasteiger partial charge in [-0.25, -0.2) is 0 Å². The van der Waals surface area contributed by atoms with Gasteiger partial charge in [0.2, 0.25) is 0 Å². The summed E-state index contributed by atoms with van der Waals surface area (Å²) in [4.78, 5) is 0. The van der Waals surface area contributed by atoms with Gasteiger partial charge in [-0.2, -0.15) is 0 Å². The predicted molar refractivity (Wildman–Crippen MR) is 97.3 cm³/mol. The van der Waals surface area contributed by atoms with Gasteiger partial charge in [0, 0.05) is 16.6 Å². The number of rotatable bonds is 2. The zero-order chi connectivity index (χ0) is 15.9. The Balaban J connectivity index is 2.40. The Labute approximate surface area is 133 Å². The van der Waals surface area contributed by atoms with Crippen LogP contribution in [0.4, 0.5) is 0 Å². The van der Waals surface area contributed by atoms with Gasteiger partial charge in [-0.05, 0) is 38.0 Å².